The number of hydrogen-bond donors (Lipinski definition) is 1. The molecule has 2 atom stereocenters. The van der Waals surface area contributed by atoms with Crippen molar-refractivity contribution in [3.63, 3.8) is 0 Å². The minimum Gasteiger partial charge on any atom is -0.480 e. The number of carbonyl (C=O) groups is 2. The summed E-state index contributed by atoms with van der Waals surface area (Å²) < 4.78 is 1.80. The van der Waals surface area contributed by atoms with E-state index < -0.39 is 12.0 Å². The molecule has 3 rings (SSSR count). The molecule has 1 aromatic rings. The first-order valence-corrected chi connectivity index (χ1v) is 8.88. The average molecular weight is 334 g/mol. The fraction of sp³-hybridized carbons (Fsp3) is 0.765. The van der Waals surface area contributed by atoms with Gasteiger partial charge in [-0.1, -0.05) is 39.0 Å². The maximum atomic E-state index is 12.8. The highest BCUT2D eigenvalue weighted by Crippen LogP contribution is 2.32. The van der Waals surface area contributed by atoms with Crippen LogP contribution in [0.3, 0.4) is 0 Å². The third kappa shape index (κ3) is 3.30. The molecule has 132 valence electrons. The van der Waals surface area contributed by atoms with Crippen LogP contribution in [-0.4, -0.2) is 42.7 Å². The number of aromatic nitrogens is 3. The fourth-order valence-electron chi connectivity index (χ4n) is 4.05. The molecule has 1 N–H and O–H groups in total. The second kappa shape index (κ2) is 6.91. The standard InChI is InChI=1S/C17H26N4O3/c1-11(13-6-4-3-5-7-13)8-16(22)21-10-15-19-18-12(2)20(15)9-14(21)17(23)24/h11,13-14H,3-10H2,1-2H3,(H,23,24). The Bertz CT molecular complexity index is 621. The third-order valence-electron chi connectivity index (χ3n) is 5.61. The number of amides is 1. The van der Waals surface area contributed by atoms with E-state index in [1.165, 1.54) is 37.0 Å². The second-order valence-corrected chi connectivity index (χ2v) is 7.23. The van der Waals surface area contributed by atoms with Gasteiger partial charge in [0.1, 0.15) is 11.9 Å². The number of rotatable bonds is 4. The van der Waals surface area contributed by atoms with Gasteiger partial charge in [0.15, 0.2) is 5.82 Å². The molecule has 1 aromatic heterocycles. The number of aliphatic carboxylic acids is 1. The zero-order valence-electron chi connectivity index (χ0n) is 14.4. The Labute approximate surface area is 142 Å². The number of nitrogens with zero attached hydrogens (tertiary/aromatic N) is 4. The van der Waals surface area contributed by atoms with Crippen molar-refractivity contribution >= 4 is 11.9 Å². The molecule has 0 bridgehead atoms. The van der Waals surface area contributed by atoms with Gasteiger partial charge >= 0.3 is 5.97 Å². The summed E-state index contributed by atoms with van der Waals surface area (Å²) in [4.78, 5) is 25.9. The molecule has 1 aliphatic carbocycles. The highest BCUT2D eigenvalue weighted by atomic mass is 16.4. The van der Waals surface area contributed by atoms with Crippen LogP contribution >= 0.6 is 0 Å². The molecule has 2 heterocycles. The van der Waals surface area contributed by atoms with Gasteiger partial charge in [-0.15, -0.1) is 10.2 Å². The van der Waals surface area contributed by atoms with Crippen molar-refractivity contribution in [1.29, 1.82) is 0 Å². The second-order valence-electron chi connectivity index (χ2n) is 7.23. The van der Waals surface area contributed by atoms with Crippen molar-refractivity contribution in [2.45, 2.75) is 71.5 Å². The molecule has 7 heteroatoms. The maximum Gasteiger partial charge on any atom is 0.328 e. The molecule has 0 aromatic carbocycles. The Morgan fingerprint density at radius 2 is 1.96 bits per heavy atom. The Kier molecular flexibility index (Phi) is 4.87. The zero-order valence-corrected chi connectivity index (χ0v) is 14.4. The quantitative estimate of drug-likeness (QED) is 0.909. The van der Waals surface area contributed by atoms with Crippen LogP contribution in [-0.2, 0) is 22.7 Å². The number of aryl methyl sites for hydroxylation is 1. The van der Waals surface area contributed by atoms with Crippen LogP contribution in [0.2, 0.25) is 0 Å². The molecule has 1 saturated carbocycles. The lowest BCUT2D eigenvalue weighted by molar-refractivity contribution is -0.153. The Morgan fingerprint density at radius 3 is 2.62 bits per heavy atom. The van der Waals surface area contributed by atoms with E-state index in [0.717, 1.165) is 0 Å². The van der Waals surface area contributed by atoms with Crippen molar-refractivity contribution in [2.75, 3.05) is 0 Å². The molecule has 0 radical (unpaired) electrons. The Morgan fingerprint density at radius 1 is 1.25 bits per heavy atom. The van der Waals surface area contributed by atoms with E-state index in [2.05, 4.69) is 17.1 Å². The van der Waals surface area contributed by atoms with E-state index in [1.54, 1.807) is 11.5 Å². The first-order chi connectivity index (χ1) is 11.5. The SMILES string of the molecule is Cc1nnc2n1CC(C(=O)O)N(C(=O)CC(C)C1CCCCC1)C2. The maximum absolute atomic E-state index is 12.8. The summed E-state index contributed by atoms with van der Waals surface area (Å²) >= 11 is 0. The number of carboxylic acid groups (broad SMARTS) is 1. The summed E-state index contributed by atoms with van der Waals surface area (Å²) in [5, 5.41) is 17.6. The molecule has 1 amide bonds. The molecular formula is C17H26N4O3. The van der Waals surface area contributed by atoms with Crippen LogP contribution in [0, 0.1) is 18.8 Å². The summed E-state index contributed by atoms with van der Waals surface area (Å²) in [6.45, 7) is 4.39. The summed E-state index contributed by atoms with van der Waals surface area (Å²) in [6, 6.07) is -0.835. The van der Waals surface area contributed by atoms with Gasteiger partial charge in [-0.25, -0.2) is 4.79 Å². The summed E-state index contributed by atoms with van der Waals surface area (Å²) in [6.07, 6.45) is 6.57. The van der Waals surface area contributed by atoms with E-state index in [0.29, 0.717) is 29.9 Å². The monoisotopic (exact) mass is 334 g/mol. The van der Waals surface area contributed by atoms with Crippen molar-refractivity contribution < 1.29 is 14.7 Å². The van der Waals surface area contributed by atoms with Crippen molar-refractivity contribution in [2.24, 2.45) is 11.8 Å². The van der Waals surface area contributed by atoms with Gasteiger partial charge in [0.2, 0.25) is 5.91 Å². The number of carboxylic acids is 1. The zero-order chi connectivity index (χ0) is 17.3. The predicted molar refractivity (Wildman–Crippen MR) is 87.1 cm³/mol. The van der Waals surface area contributed by atoms with Gasteiger partial charge in [-0.2, -0.15) is 0 Å². The molecule has 2 aliphatic rings. The lowest BCUT2D eigenvalue weighted by atomic mass is 9.79. The smallest absolute Gasteiger partial charge is 0.328 e. The molecular weight excluding hydrogens is 308 g/mol. The van der Waals surface area contributed by atoms with E-state index in [1.807, 2.05) is 0 Å². The van der Waals surface area contributed by atoms with Crippen molar-refractivity contribution in [3.8, 4) is 0 Å². The molecule has 24 heavy (non-hydrogen) atoms. The Balaban J connectivity index is 1.71. The minimum atomic E-state index is -0.965. The van der Waals surface area contributed by atoms with E-state index in [4.69, 9.17) is 0 Å². The fourth-order valence-corrected chi connectivity index (χ4v) is 4.05. The highest BCUT2D eigenvalue weighted by Gasteiger charge is 2.37. The Hall–Kier alpha value is -1.92. The first kappa shape index (κ1) is 16.9. The summed E-state index contributed by atoms with van der Waals surface area (Å²) in [5.41, 5.74) is 0. The molecule has 0 saturated heterocycles. The summed E-state index contributed by atoms with van der Waals surface area (Å²) in [5.74, 6) is 1.21. The highest BCUT2D eigenvalue weighted by molar-refractivity contribution is 5.84. The first-order valence-electron chi connectivity index (χ1n) is 8.88. The van der Waals surface area contributed by atoms with Crippen LogP contribution < -0.4 is 0 Å². The molecule has 2 unspecified atom stereocenters. The molecule has 1 fully saturated rings. The van der Waals surface area contributed by atoms with Crippen LogP contribution in [0.25, 0.3) is 0 Å². The van der Waals surface area contributed by atoms with E-state index >= 15 is 0 Å². The number of carbonyl (C=O) groups excluding carboxylic acids is 1. The average Bonchev–Trinajstić information content (AvgIpc) is 2.95. The van der Waals surface area contributed by atoms with E-state index in [9.17, 15) is 14.7 Å². The van der Waals surface area contributed by atoms with Crippen LogP contribution in [0.4, 0.5) is 0 Å². The van der Waals surface area contributed by atoms with Crippen LogP contribution in [0.15, 0.2) is 0 Å². The van der Waals surface area contributed by atoms with Crippen molar-refractivity contribution in [3.05, 3.63) is 11.6 Å². The van der Waals surface area contributed by atoms with E-state index in [-0.39, 0.29) is 19.0 Å². The topological polar surface area (TPSA) is 88.3 Å². The molecule has 1 aliphatic heterocycles. The van der Waals surface area contributed by atoms with Crippen molar-refractivity contribution in [1.82, 2.24) is 19.7 Å². The van der Waals surface area contributed by atoms with Gasteiger partial charge in [0.25, 0.3) is 0 Å². The van der Waals surface area contributed by atoms with Gasteiger partial charge in [0, 0.05) is 6.42 Å². The summed E-state index contributed by atoms with van der Waals surface area (Å²) in [7, 11) is 0. The van der Waals surface area contributed by atoms with Crippen LogP contribution in [0.5, 0.6) is 0 Å². The lowest BCUT2D eigenvalue weighted by Gasteiger charge is -2.35. The predicted octanol–water partition coefficient (Wildman–Crippen LogP) is 1.99. The van der Waals surface area contributed by atoms with Gasteiger partial charge in [-0.05, 0) is 18.8 Å². The van der Waals surface area contributed by atoms with Crippen LogP contribution in [0.1, 0.15) is 57.1 Å². The number of fused-ring (bicyclic) bond motifs is 1. The molecule has 7 nitrogen and oxygen atoms in total. The van der Waals surface area contributed by atoms with Gasteiger partial charge < -0.3 is 14.6 Å². The van der Waals surface area contributed by atoms with Gasteiger partial charge in [0.05, 0.1) is 13.1 Å². The van der Waals surface area contributed by atoms with Gasteiger partial charge in [-0.3, -0.25) is 4.79 Å². The normalized spacial score (nSPS) is 22.9. The minimum absolute atomic E-state index is 0.0765. The largest absolute Gasteiger partial charge is 0.480 e. The lowest BCUT2D eigenvalue weighted by Crippen LogP contribution is -2.51. The third-order valence-corrected chi connectivity index (χ3v) is 5.61. The molecule has 0 spiro atoms. The number of hydrogen-bond acceptors (Lipinski definition) is 4.